The summed E-state index contributed by atoms with van der Waals surface area (Å²) in [5, 5.41) is 0. The fourth-order valence-electron chi connectivity index (χ4n) is 2.48. The molecule has 1 aliphatic heterocycles. The molecule has 1 aliphatic rings. The van der Waals surface area contributed by atoms with E-state index in [1.807, 2.05) is 18.2 Å². The summed E-state index contributed by atoms with van der Waals surface area (Å²) in [5.74, 6) is 0.955. The van der Waals surface area contributed by atoms with Crippen LogP contribution in [0.3, 0.4) is 0 Å². The Labute approximate surface area is 90.8 Å². The van der Waals surface area contributed by atoms with Crippen molar-refractivity contribution in [1.82, 2.24) is 4.90 Å². The van der Waals surface area contributed by atoms with Gasteiger partial charge >= 0.3 is 0 Å². The number of nitrogens with zero attached hydrogens (tertiary/aromatic N) is 1. The van der Waals surface area contributed by atoms with Gasteiger partial charge in [-0.1, -0.05) is 18.2 Å². The minimum absolute atomic E-state index is 0.0986. The zero-order valence-electron chi connectivity index (χ0n) is 9.36. The Hall–Kier alpha value is -1.06. The minimum Gasteiger partial charge on any atom is -0.496 e. The Morgan fingerprint density at radius 1 is 1.40 bits per heavy atom. The van der Waals surface area contributed by atoms with Crippen molar-refractivity contribution in [2.45, 2.75) is 5.41 Å². The predicted octanol–water partition coefficient (Wildman–Crippen LogP) is 0.837. The maximum absolute atomic E-state index is 5.90. The van der Waals surface area contributed by atoms with Crippen LogP contribution in [0.2, 0.25) is 0 Å². The molecule has 3 nitrogen and oxygen atoms in total. The number of nitrogens with two attached hydrogens (primary N) is 1. The number of likely N-dealkylation sites (tertiary alicyclic amines) is 1. The Kier molecular flexibility index (Phi) is 2.67. The molecule has 1 aromatic carbocycles. The second-order valence-electron chi connectivity index (χ2n) is 4.36. The predicted molar refractivity (Wildman–Crippen MR) is 61.2 cm³/mol. The normalized spacial score (nSPS) is 19.7. The lowest BCUT2D eigenvalue weighted by Gasteiger charge is -2.48. The van der Waals surface area contributed by atoms with E-state index < -0.39 is 0 Å². The van der Waals surface area contributed by atoms with Gasteiger partial charge in [0.1, 0.15) is 5.75 Å². The fourth-order valence-corrected chi connectivity index (χ4v) is 2.48. The van der Waals surface area contributed by atoms with E-state index in [0.717, 1.165) is 18.8 Å². The maximum atomic E-state index is 5.90. The summed E-state index contributed by atoms with van der Waals surface area (Å²) in [6, 6.07) is 8.17. The van der Waals surface area contributed by atoms with Crippen LogP contribution < -0.4 is 10.5 Å². The van der Waals surface area contributed by atoms with E-state index in [0.29, 0.717) is 6.54 Å². The monoisotopic (exact) mass is 206 g/mol. The Bertz CT molecular complexity index is 345. The van der Waals surface area contributed by atoms with E-state index in [2.05, 4.69) is 18.0 Å². The average Bonchev–Trinajstić information content (AvgIpc) is 2.24. The molecule has 0 spiro atoms. The van der Waals surface area contributed by atoms with E-state index in [1.165, 1.54) is 5.56 Å². The van der Waals surface area contributed by atoms with Gasteiger partial charge in [-0.2, -0.15) is 0 Å². The summed E-state index contributed by atoms with van der Waals surface area (Å²) in [6.07, 6.45) is 0. The van der Waals surface area contributed by atoms with Gasteiger partial charge in [-0.15, -0.1) is 0 Å². The molecular weight excluding hydrogens is 188 g/mol. The zero-order valence-corrected chi connectivity index (χ0v) is 9.36. The summed E-state index contributed by atoms with van der Waals surface area (Å²) in [4.78, 5) is 2.28. The van der Waals surface area contributed by atoms with Crippen LogP contribution in [-0.4, -0.2) is 38.7 Å². The average molecular weight is 206 g/mol. The third-order valence-electron chi connectivity index (χ3n) is 3.21. The highest BCUT2D eigenvalue weighted by Gasteiger charge is 2.42. The van der Waals surface area contributed by atoms with Crippen LogP contribution >= 0.6 is 0 Å². The molecule has 0 radical (unpaired) electrons. The molecule has 82 valence electrons. The van der Waals surface area contributed by atoms with Crippen molar-refractivity contribution in [1.29, 1.82) is 0 Å². The molecule has 2 N–H and O–H groups in total. The van der Waals surface area contributed by atoms with Crippen LogP contribution in [0.15, 0.2) is 24.3 Å². The van der Waals surface area contributed by atoms with E-state index in [4.69, 9.17) is 10.5 Å². The quantitative estimate of drug-likeness (QED) is 0.796. The van der Waals surface area contributed by atoms with Crippen molar-refractivity contribution in [2.24, 2.45) is 5.73 Å². The van der Waals surface area contributed by atoms with Crippen LogP contribution in [-0.2, 0) is 5.41 Å². The van der Waals surface area contributed by atoms with E-state index in [9.17, 15) is 0 Å². The van der Waals surface area contributed by atoms with Gasteiger partial charge in [-0.05, 0) is 13.1 Å². The number of para-hydroxylation sites is 1. The smallest absolute Gasteiger partial charge is 0.122 e. The van der Waals surface area contributed by atoms with Crippen LogP contribution in [0.5, 0.6) is 5.75 Å². The second-order valence-corrected chi connectivity index (χ2v) is 4.36. The Morgan fingerprint density at radius 3 is 2.60 bits per heavy atom. The number of likely N-dealkylation sites (N-methyl/N-ethyl adjacent to an activating group) is 1. The molecular formula is C12H18N2O. The standard InChI is InChI=1S/C12H18N2O/c1-14-8-12(7-13,9-14)10-5-3-4-6-11(10)15-2/h3-6H,7-9,13H2,1-2H3. The molecule has 1 saturated heterocycles. The van der Waals surface area contributed by atoms with Gasteiger partial charge in [-0.3, -0.25) is 0 Å². The number of hydrogen-bond acceptors (Lipinski definition) is 3. The van der Waals surface area contributed by atoms with Gasteiger partial charge in [0.05, 0.1) is 7.11 Å². The maximum Gasteiger partial charge on any atom is 0.122 e. The SMILES string of the molecule is COc1ccccc1C1(CN)CN(C)C1. The summed E-state index contributed by atoms with van der Waals surface area (Å²) >= 11 is 0. The van der Waals surface area contributed by atoms with Gasteiger partial charge in [0.25, 0.3) is 0 Å². The molecule has 1 aromatic rings. The topological polar surface area (TPSA) is 38.5 Å². The molecule has 0 saturated carbocycles. The lowest BCUT2D eigenvalue weighted by molar-refractivity contribution is 0.0976. The van der Waals surface area contributed by atoms with Crippen molar-refractivity contribution in [3.05, 3.63) is 29.8 Å². The van der Waals surface area contributed by atoms with Crippen molar-refractivity contribution in [3.8, 4) is 5.75 Å². The molecule has 0 aromatic heterocycles. The van der Waals surface area contributed by atoms with Gasteiger partial charge in [0.2, 0.25) is 0 Å². The lowest BCUT2D eigenvalue weighted by atomic mass is 9.73. The van der Waals surface area contributed by atoms with Crippen LogP contribution in [0.1, 0.15) is 5.56 Å². The molecule has 1 heterocycles. The molecule has 0 unspecified atom stereocenters. The molecule has 0 aliphatic carbocycles. The number of rotatable bonds is 3. The molecule has 0 bridgehead atoms. The Balaban J connectivity index is 2.35. The first-order valence-electron chi connectivity index (χ1n) is 5.24. The fraction of sp³-hybridized carbons (Fsp3) is 0.500. The van der Waals surface area contributed by atoms with Crippen LogP contribution in [0.4, 0.5) is 0 Å². The van der Waals surface area contributed by atoms with Crippen molar-refractivity contribution in [3.63, 3.8) is 0 Å². The third kappa shape index (κ3) is 1.62. The molecule has 15 heavy (non-hydrogen) atoms. The number of ether oxygens (including phenoxy) is 1. The molecule has 0 amide bonds. The van der Waals surface area contributed by atoms with E-state index in [1.54, 1.807) is 7.11 Å². The molecule has 0 atom stereocenters. The second kappa shape index (κ2) is 3.83. The van der Waals surface area contributed by atoms with Crippen molar-refractivity contribution < 1.29 is 4.74 Å². The van der Waals surface area contributed by atoms with Gasteiger partial charge in [0.15, 0.2) is 0 Å². The first-order valence-corrected chi connectivity index (χ1v) is 5.24. The first-order chi connectivity index (χ1) is 7.22. The molecule has 1 fully saturated rings. The highest BCUT2D eigenvalue weighted by atomic mass is 16.5. The minimum atomic E-state index is 0.0986. The van der Waals surface area contributed by atoms with Gasteiger partial charge < -0.3 is 15.4 Å². The first kappa shape index (κ1) is 10.5. The third-order valence-corrected chi connectivity index (χ3v) is 3.21. The zero-order chi connectivity index (χ0) is 10.9. The lowest BCUT2D eigenvalue weighted by Crippen LogP contribution is -2.61. The highest BCUT2D eigenvalue weighted by molar-refractivity contribution is 5.42. The van der Waals surface area contributed by atoms with E-state index in [-0.39, 0.29) is 5.41 Å². The largest absolute Gasteiger partial charge is 0.496 e. The summed E-state index contributed by atoms with van der Waals surface area (Å²) in [6.45, 7) is 2.71. The summed E-state index contributed by atoms with van der Waals surface area (Å²) < 4.78 is 5.39. The van der Waals surface area contributed by atoms with Crippen molar-refractivity contribution in [2.75, 3.05) is 33.8 Å². The Morgan fingerprint density at radius 2 is 2.07 bits per heavy atom. The number of hydrogen-bond donors (Lipinski definition) is 1. The summed E-state index contributed by atoms with van der Waals surface area (Å²) in [7, 11) is 3.83. The number of benzene rings is 1. The number of methoxy groups -OCH3 is 1. The van der Waals surface area contributed by atoms with E-state index >= 15 is 0 Å². The van der Waals surface area contributed by atoms with Crippen LogP contribution in [0.25, 0.3) is 0 Å². The van der Waals surface area contributed by atoms with Gasteiger partial charge in [0, 0.05) is 30.6 Å². The highest BCUT2D eigenvalue weighted by Crippen LogP contribution is 2.37. The van der Waals surface area contributed by atoms with Crippen molar-refractivity contribution >= 4 is 0 Å². The van der Waals surface area contributed by atoms with Gasteiger partial charge in [-0.25, -0.2) is 0 Å². The summed E-state index contributed by atoms with van der Waals surface area (Å²) in [5.41, 5.74) is 7.25. The van der Waals surface area contributed by atoms with Crippen LogP contribution in [0, 0.1) is 0 Å². The molecule has 3 heteroatoms. The molecule has 2 rings (SSSR count).